The van der Waals surface area contributed by atoms with Crippen LogP contribution >= 0.6 is 11.6 Å². The van der Waals surface area contributed by atoms with Crippen LogP contribution in [0.4, 0.5) is 4.39 Å². The minimum absolute atomic E-state index is 0.00241. The summed E-state index contributed by atoms with van der Waals surface area (Å²) in [4.78, 5) is 12.4. The van der Waals surface area contributed by atoms with Crippen molar-refractivity contribution < 1.29 is 22.7 Å². The van der Waals surface area contributed by atoms with Crippen LogP contribution < -0.4 is 0 Å². The first kappa shape index (κ1) is 19.1. The van der Waals surface area contributed by atoms with Crippen molar-refractivity contribution in [2.24, 2.45) is 0 Å². The van der Waals surface area contributed by atoms with E-state index in [0.29, 0.717) is 25.8 Å². The van der Waals surface area contributed by atoms with E-state index in [1.165, 1.54) is 10.4 Å². The van der Waals surface area contributed by atoms with Crippen LogP contribution in [-0.2, 0) is 14.8 Å². The van der Waals surface area contributed by atoms with Crippen molar-refractivity contribution in [1.82, 2.24) is 9.21 Å². The number of nitrogens with zero attached hydrogens (tertiary/aromatic N) is 2. The van der Waals surface area contributed by atoms with E-state index in [2.05, 4.69) is 0 Å². The smallest absolute Gasteiger partial charge is 0.317 e. The quantitative estimate of drug-likeness (QED) is 0.848. The molecule has 1 heterocycles. The third-order valence-electron chi connectivity index (χ3n) is 4.14. The third-order valence-corrected chi connectivity index (χ3v) is 6.23. The third kappa shape index (κ3) is 4.66. The molecule has 24 heavy (non-hydrogen) atoms. The minimum Gasteiger partial charge on any atom is -0.480 e. The molecule has 0 spiro atoms. The van der Waals surface area contributed by atoms with Crippen LogP contribution in [0.25, 0.3) is 0 Å². The maximum atomic E-state index is 13.5. The molecule has 0 aromatic heterocycles. The zero-order chi connectivity index (χ0) is 17.9. The molecule has 1 aliphatic heterocycles. The lowest BCUT2D eigenvalue weighted by Gasteiger charge is -2.25. The molecular weight excluding hydrogens is 359 g/mol. The summed E-state index contributed by atoms with van der Waals surface area (Å²) in [5.41, 5.74) is 0. The van der Waals surface area contributed by atoms with Gasteiger partial charge in [-0.15, -0.1) is 0 Å². The first-order valence-corrected chi connectivity index (χ1v) is 9.40. The van der Waals surface area contributed by atoms with Gasteiger partial charge in [-0.2, -0.15) is 4.31 Å². The number of hydrogen-bond donors (Lipinski definition) is 1. The summed E-state index contributed by atoms with van der Waals surface area (Å²) in [7, 11) is -2.11. The summed E-state index contributed by atoms with van der Waals surface area (Å²) >= 11 is 5.76. The number of benzene rings is 1. The first-order valence-electron chi connectivity index (χ1n) is 7.58. The van der Waals surface area contributed by atoms with Gasteiger partial charge in [0.1, 0.15) is 5.82 Å². The number of rotatable bonds is 5. The molecule has 1 unspecified atom stereocenters. The first-order chi connectivity index (χ1) is 11.2. The number of hydrogen-bond acceptors (Lipinski definition) is 4. The van der Waals surface area contributed by atoms with Crippen molar-refractivity contribution in [2.45, 2.75) is 30.2 Å². The van der Waals surface area contributed by atoms with Crippen LogP contribution in [0.3, 0.4) is 0 Å². The van der Waals surface area contributed by atoms with E-state index >= 15 is 0 Å². The van der Waals surface area contributed by atoms with Gasteiger partial charge in [0.15, 0.2) is 0 Å². The van der Waals surface area contributed by atoms with Crippen LogP contribution in [0.2, 0.25) is 5.02 Å². The highest BCUT2D eigenvalue weighted by molar-refractivity contribution is 7.89. The highest BCUT2D eigenvalue weighted by atomic mass is 35.5. The predicted molar refractivity (Wildman–Crippen MR) is 88.1 cm³/mol. The Morgan fingerprint density at radius 2 is 2.08 bits per heavy atom. The number of carboxylic acid groups (broad SMARTS) is 1. The molecule has 1 aliphatic rings. The Balaban J connectivity index is 2.13. The summed E-state index contributed by atoms with van der Waals surface area (Å²) in [5.74, 6) is -1.62. The van der Waals surface area contributed by atoms with Gasteiger partial charge in [0.25, 0.3) is 0 Å². The largest absolute Gasteiger partial charge is 0.480 e. The van der Waals surface area contributed by atoms with Gasteiger partial charge in [-0.05, 0) is 44.5 Å². The van der Waals surface area contributed by atoms with Crippen LogP contribution in [0.1, 0.15) is 19.3 Å². The molecule has 1 aromatic carbocycles. The van der Waals surface area contributed by atoms with Gasteiger partial charge in [0.05, 0.1) is 11.4 Å². The van der Waals surface area contributed by atoms with E-state index in [0.717, 1.165) is 12.1 Å². The minimum atomic E-state index is -3.83. The lowest BCUT2D eigenvalue weighted by molar-refractivity contribution is -0.138. The highest BCUT2D eigenvalue weighted by Crippen LogP contribution is 2.25. The summed E-state index contributed by atoms with van der Waals surface area (Å²) in [5, 5.41) is 8.90. The Labute approximate surface area is 145 Å². The van der Waals surface area contributed by atoms with Crippen molar-refractivity contribution in [3.8, 4) is 0 Å². The molecule has 6 nitrogen and oxygen atoms in total. The van der Waals surface area contributed by atoms with Gasteiger partial charge in [0.2, 0.25) is 10.0 Å². The number of carboxylic acids is 1. The second-order valence-electron chi connectivity index (χ2n) is 5.90. The van der Waals surface area contributed by atoms with Crippen LogP contribution in [0.5, 0.6) is 0 Å². The molecule has 0 amide bonds. The molecular formula is C15H20ClFN2O4S. The molecule has 1 aromatic rings. The van der Waals surface area contributed by atoms with Crippen LogP contribution in [0, 0.1) is 5.82 Å². The fourth-order valence-electron chi connectivity index (χ4n) is 2.90. The number of likely N-dealkylation sites (N-methyl/N-ethyl adjacent to an activating group) is 1. The maximum Gasteiger partial charge on any atom is 0.317 e. The van der Waals surface area contributed by atoms with Crippen molar-refractivity contribution in [1.29, 1.82) is 0 Å². The average Bonchev–Trinajstić information content (AvgIpc) is 2.71. The van der Waals surface area contributed by atoms with Gasteiger partial charge >= 0.3 is 5.97 Å². The Morgan fingerprint density at radius 1 is 1.38 bits per heavy atom. The second-order valence-corrected chi connectivity index (χ2v) is 8.28. The van der Waals surface area contributed by atoms with Crippen LogP contribution in [0.15, 0.2) is 23.1 Å². The highest BCUT2D eigenvalue weighted by Gasteiger charge is 2.29. The molecule has 1 fully saturated rings. The molecule has 134 valence electrons. The SMILES string of the molecule is CN(CC(=O)O)C1CCCN(S(=O)(=O)c2cc(F)cc(Cl)c2)CC1. The van der Waals surface area contributed by atoms with E-state index in [1.807, 2.05) is 0 Å². The monoisotopic (exact) mass is 378 g/mol. The Bertz CT molecular complexity index is 693. The zero-order valence-corrected chi connectivity index (χ0v) is 14.9. The Morgan fingerprint density at radius 3 is 2.71 bits per heavy atom. The number of sulfonamides is 1. The van der Waals surface area contributed by atoms with E-state index in [1.54, 1.807) is 11.9 Å². The van der Waals surface area contributed by atoms with Gasteiger partial charge in [-0.1, -0.05) is 11.6 Å². The number of halogens is 2. The Kier molecular flexibility index (Phi) is 6.19. The zero-order valence-electron chi connectivity index (χ0n) is 13.3. The van der Waals surface area contributed by atoms with E-state index in [9.17, 15) is 17.6 Å². The Hall–Kier alpha value is -1.22. The van der Waals surface area contributed by atoms with Gasteiger partial charge in [0, 0.05) is 24.2 Å². The molecule has 2 rings (SSSR count). The molecule has 0 aliphatic carbocycles. The van der Waals surface area contributed by atoms with Crippen molar-refractivity contribution in [3.05, 3.63) is 29.0 Å². The van der Waals surface area contributed by atoms with Crippen molar-refractivity contribution in [2.75, 3.05) is 26.7 Å². The number of carbonyl (C=O) groups is 1. The summed E-state index contributed by atoms with van der Waals surface area (Å²) in [6, 6.07) is 3.25. The fraction of sp³-hybridized carbons (Fsp3) is 0.533. The van der Waals surface area contributed by atoms with E-state index < -0.39 is 21.8 Å². The van der Waals surface area contributed by atoms with Gasteiger partial charge in [-0.3, -0.25) is 9.69 Å². The van der Waals surface area contributed by atoms with Gasteiger partial charge < -0.3 is 5.11 Å². The topological polar surface area (TPSA) is 77.9 Å². The molecule has 1 N–H and O–H groups in total. The van der Waals surface area contributed by atoms with Crippen LogP contribution in [-0.4, -0.2) is 61.4 Å². The molecule has 0 bridgehead atoms. The molecule has 1 saturated heterocycles. The maximum absolute atomic E-state index is 13.5. The summed E-state index contributed by atoms with van der Waals surface area (Å²) in [6.45, 7) is 0.482. The lowest BCUT2D eigenvalue weighted by atomic mass is 10.1. The van der Waals surface area contributed by atoms with Gasteiger partial charge in [-0.25, -0.2) is 12.8 Å². The molecule has 0 saturated carbocycles. The van der Waals surface area contributed by atoms with E-state index in [4.69, 9.17) is 16.7 Å². The average molecular weight is 379 g/mol. The lowest BCUT2D eigenvalue weighted by Crippen LogP contribution is -2.37. The molecule has 9 heteroatoms. The standard InChI is InChI=1S/C15H20ClFN2O4S/c1-18(10-15(20)21)13-3-2-5-19(6-4-13)24(22,23)14-8-11(16)7-12(17)9-14/h7-9,13H,2-6,10H2,1H3,(H,20,21). The normalized spacial score (nSPS) is 20.1. The molecule has 1 atom stereocenters. The summed E-state index contributed by atoms with van der Waals surface area (Å²) in [6.07, 6.45) is 1.84. The fourth-order valence-corrected chi connectivity index (χ4v) is 4.74. The van der Waals surface area contributed by atoms with Crippen molar-refractivity contribution in [3.63, 3.8) is 0 Å². The summed E-state index contributed by atoms with van der Waals surface area (Å²) < 4.78 is 40.2. The molecule has 0 radical (unpaired) electrons. The second kappa shape index (κ2) is 7.77. The predicted octanol–water partition coefficient (Wildman–Crippen LogP) is 2.04. The van der Waals surface area contributed by atoms with E-state index in [-0.39, 0.29) is 29.0 Å². The number of aliphatic carboxylic acids is 1. The van der Waals surface area contributed by atoms with Crippen molar-refractivity contribution >= 4 is 27.6 Å².